The summed E-state index contributed by atoms with van der Waals surface area (Å²) in [6.07, 6.45) is 1.23. The van der Waals surface area contributed by atoms with Crippen LogP contribution in [-0.2, 0) is 6.54 Å². The van der Waals surface area contributed by atoms with Crippen molar-refractivity contribution < 1.29 is 5.11 Å². The lowest BCUT2D eigenvalue weighted by molar-refractivity contribution is 0.0963. The highest BCUT2D eigenvalue weighted by Crippen LogP contribution is 2.25. The largest absolute Gasteiger partial charge is 0.507 e. The minimum Gasteiger partial charge on any atom is -0.507 e. The number of phenols is 1. The van der Waals surface area contributed by atoms with Gasteiger partial charge in [-0.2, -0.15) is 0 Å². The van der Waals surface area contributed by atoms with Gasteiger partial charge in [-0.1, -0.05) is 13.0 Å². The molecule has 106 valence electrons. The number of aromatic hydroxyl groups is 1. The van der Waals surface area contributed by atoms with Crippen LogP contribution in [-0.4, -0.2) is 47.1 Å². The van der Waals surface area contributed by atoms with Gasteiger partial charge in [-0.05, 0) is 47.0 Å². The van der Waals surface area contributed by atoms with Gasteiger partial charge in [-0.3, -0.25) is 9.80 Å². The van der Waals surface area contributed by atoms with Crippen molar-refractivity contribution in [2.45, 2.75) is 32.9 Å². The van der Waals surface area contributed by atoms with Crippen LogP contribution in [0.1, 0.15) is 25.8 Å². The second-order valence-corrected chi connectivity index (χ2v) is 6.21. The zero-order valence-electron chi connectivity index (χ0n) is 11.8. The molecule has 3 nitrogen and oxygen atoms in total. The molecule has 0 spiro atoms. The van der Waals surface area contributed by atoms with Gasteiger partial charge in [-0.15, -0.1) is 0 Å². The van der Waals surface area contributed by atoms with E-state index < -0.39 is 0 Å². The molecule has 1 heterocycles. The van der Waals surface area contributed by atoms with Crippen LogP contribution in [0.5, 0.6) is 5.75 Å². The summed E-state index contributed by atoms with van der Waals surface area (Å²) in [5.41, 5.74) is 1.25. The molecule has 1 unspecified atom stereocenters. The van der Waals surface area contributed by atoms with E-state index in [0.29, 0.717) is 11.8 Å². The van der Waals surface area contributed by atoms with Crippen molar-refractivity contribution in [3.63, 3.8) is 0 Å². The zero-order valence-corrected chi connectivity index (χ0v) is 13.4. The second kappa shape index (κ2) is 6.73. The maximum atomic E-state index is 9.51. The van der Waals surface area contributed by atoms with Crippen LogP contribution in [0.3, 0.4) is 0 Å². The first-order valence-corrected chi connectivity index (χ1v) is 7.83. The fraction of sp³-hybridized carbons (Fsp3) is 0.600. The average molecular weight is 327 g/mol. The minimum absolute atomic E-state index is 0.310. The van der Waals surface area contributed by atoms with Gasteiger partial charge in [0, 0.05) is 38.8 Å². The Morgan fingerprint density at radius 3 is 2.53 bits per heavy atom. The molecule has 2 rings (SSSR count). The van der Waals surface area contributed by atoms with E-state index in [-0.39, 0.29) is 0 Å². The van der Waals surface area contributed by atoms with Gasteiger partial charge in [-0.25, -0.2) is 0 Å². The maximum Gasteiger partial charge on any atom is 0.129 e. The molecule has 1 aliphatic heterocycles. The highest BCUT2D eigenvalue weighted by Gasteiger charge is 2.20. The van der Waals surface area contributed by atoms with Gasteiger partial charge in [0.05, 0.1) is 4.47 Å². The van der Waals surface area contributed by atoms with Crippen molar-refractivity contribution in [3.05, 3.63) is 28.2 Å². The van der Waals surface area contributed by atoms with Crippen molar-refractivity contribution in [1.82, 2.24) is 9.80 Å². The lowest BCUT2D eigenvalue weighted by Gasteiger charge is -2.37. The molecule has 0 aromatic heterocycles. The smallest absolute Gasteiger partial charge is 0.129 e. The van der Waals surface area contributed by atoms with Gasteiger partial charge in [0.2, 0.25) is 0 Å². The standard InChI is InChI=1S/C15H23BrN2O/c1-3-12(2)18-8-6-17(7-9-18)11-13-4-5-15(19)14(16)10-13/h4-5,10,12,19H,3,6-9,11H2,1-2H3. The van der Waals surface area contributed by atoms with Crippen LogP contribution in [0.4, 0.5) is 0 Å². The molecular formula is C15H23BrN2O. The fourth-order valence-corrected chi connectivity index (χ4v) is 2.95. The Kier molecular flexibility index (Phi) is 5.25. The first-order chi connectivity index (χ1) is 9.10. The second-order valence-electron chi connectivity index (χ2n) is 5.36. The topological polar surface area (TPSA) is 26.7 Å². The van der Waals surface area contributed by atoms with Crippen LogP contribution < -0.4 is 0 Å². The van der Waals surface area contributed by atoms with E-state index in [1.54, 1.807) is 6.07 Å². The summed E-state index contributed by atoms with van der Waals surface area (Å²) in [4.78, 5) is 5.06. The van der Waals surface area contributed by atoms with Gasteiger partial charge in [0.15, 0.2) is 0 Å². The summed E-state index contributed by atoms with van der Waals surface area (Å²) in [7, 11) is 0. The number of nitrogens with zero attached hydrogens (tertiary/aromatic N) is 2. The van der Waals surface area contributed by atoms with Crippen LogP contribution >= 0.6 is 15.9 Å². The van der Waals surface area contributed by atoms with Crippen LogP contribution in [0, 0.1) is 0 Å². The normalized spacial score (nSPS) is 19.5. The minimum atomic E-state index is 0.310. The van der Waals surface area contributed by atoms with Crippen LogP contribution in [0.25, 0.3) is 0 Å². The third kappa shape index (κ3) is 3.94. The van der Waals surface area contributed by atoms with Gasteiger partial charge in [0.25, 0.3) is 0 Å². The summed E-state index contributed by atoms with van der Waals surface area (Å²) in [5, 5.41) is 9.51. The monoisotopic (exact) mass is 326 g/mol. The van der Waals surface area contributed by atoms with Crippen molar-refractivity contribution in [1.29, 1.82) is 0 Å². The zero-order chi connectivity index (χ0) is 13.8. The predicted octanol–water partition coefficient (Wildman–Crippen LogP) is 3.07. The van der Waals surface area contributed by atoms with E-state index in [4.69, 9.17) is 0 Å². The lowest BCUT2D eigenvalue weighted by atomic mass is 10.1. The van der Waals surface area contributed by atoms with E-state index in [2.05, 4.69) is 39.6 Å². The van der Waals surface area contributed by atoms with Crippen molar-refractivity contribution >= 4 is 15.9 Å². The summed E-state index contributed by atoms with van der Waals surface area (Å²) in [6.45, 7) is 10.1. The molecule has 4 heteroatoms. The average Bonchev–Trinajstić information content (AvgIpc) is 2.43. The molecule has 1 atom stereocenters. The molecule has 1 fully saturated rings. The molecule has 1 N–H and O–H groups in total. The van der Waals surface area contributed by atoms with Crippen LogP contribution in [0.15, 0.2) is 22.7 Å². The van der Waals surface area contributed by atoms with E-state index in [1.807, 2.05) is 12.1 Å². The van der Waals surface area contributed by atoms with Gasteiger partial charge >= 0.3 is 0 Å². The maximum absolute atomic E-state index is 9.51. The number of hydrogen-bond donors (Lipinski definition) is 1. The van der Waals surface area contributed by atoms with Crippen molar-refractivity contribution in [3.8, 4) is 5.75 Å². The highest BCUT2D eigenvalue weighted by atomic mass is 79.9. The number of rotatable bonds is 4. The third-order valence-electron chi connectivity index (χ3n) is 4.04. The quantitative estimate of drug-likeness (QED) is 0.921. The molecule has 0 radical (unpaired) electrons. The first kappa shape index (κ1) is 14.8. The molecule has 19 heavy (non-hydrogen) atoms. The molecule has 1 aliphatic rings. The van der Waals surface area contributed by atoms with Gasteiger partial charge in [0.1, 0.15) is 5.75 Å². The number of benzene rings is 1. The Hall–Kier alpha value is -0.580. The first-order valence-electron chi connectivity index (χ1n) is 7.04. The molecule has 0 amide bonds. The highest BCUT2D eigenvalue weighted by molar-refractivity contribution is 9.10. The third-order valence-corrected chi connectivity index (χ3v) is 4.67. The molecule has 1 saturated heterocycles. The lowest BCUT2D eigenvalue weighted by Crippen LogP contribution is -2.48. The van der Waals surface area contributed by atoms with E-state index in [0.717, 1.165) is 37.2 Å². The Morgan fingerprint density at radius 2 is 1.95 bits per heavy atom. The Morgan fingerprint density at radius 1 is 1.26 bits per heavy atom. The summed E-state index contributed by atoms with van der Waals surface area (Å²) < 4.78 is 0.781. The summed E-state index contributed by atoms with van der Waals surface area (Å²) in [5.74, 6) is 0.310. The summed E-state index contributed by atoms with van der Waals surface area (Å²) in [6, 6.07) is 6.47. The van der Waals surface area contributed by atoms with Crippen molar-refractivity contribution in [2.24, 2.45) is 0 Å². The molecule has 0 aliphatic carbocycles. The molecule has 0 bridgehead atoms. The Balaban J connectivity index is 1.87. The fourth-order valence-electron chi connectivity index (χ4n) is 2.53. The predicted molar refractivity (Wildman–Crippen MR) is 82.4 cm³/mol. The molecular weight excluding hydrogens is 304 g/mol. The van der Waals surface area contributed by atoms with E-state index >= 15 is 0 Å². The molecule has 1 aromatic carbocycles. The Bertz CT molecular complexity index is 417. The molecule has 0 saturated carbocycles. The summed E-state index contributed by atoms with van der Waals surface area (Å²) >= 11 is 3.37. The van der Waals surface area contributed by atoms with Crippen molar-refractivity contribution in [2.75, 3.05) is 26.2 Å². The number of halogens is 1. The SMILES string of the molecule is CCC(C)N1CCN(Cc2ccc(O)c(Br)c2)CC1. The number of piperazine rings is 1. The van der Waals surface area contributed by atoms with Crippen LogP contribution in [0.2, 0.25) is 0 Å². The number of hydrogen-bond acceptors (Lipinski definition) is 3. The van der Waals surface area contributed by atoms with Gasteiger partial charge < -0.3 is 5.11 Å². The van der Waals surface area contributed by atoms with E-state index in [9.17, 15) is 5.11 Å². The Labute approximate surface area is 124 Å². The molecule has 1 aromatic rings. The van der Waals surface area contributed by atoms with E-state index in [1.165, 1.54) is 12.0 Å². The number of phenolic OH excluding ortho intramolecular Hbond substituents is 1.